The first kappa shape index (κ1) is 13.4. The van der Waals surface area contributed by atoms with Crippen molar-refractivity contribution in [3.05, 3.63) is 42.2 Å². The zero-order valence-corrected chi connectivity index (χ0v) is 12.2. The Morgan fingerprint density at radius 1 is 1.40 bits per heavy atom. The van der Waals surface area contributed by atoms with E-state index in [4.69, 9.17) is 4.74 Å². The van der Waals surface area contributed by atoms with Gasteiger partial charge in [-0.1, -0.05) is 0 Å². The van der Waals surface area contributed by atoms with Gasteiger partial charge < -0.3 is 13.9 Å². The second kappa shape index (κ2) is 5.81. The van der Waals surface area contributed by atoms with Crippen LogP contribution in [0.2, 0.25) is 0 Å². The highest BCUT2D eigenvalue weighted by molar-refractivity contribution is 5.13. The SMILES string of the molecule is CCn1ccnc1CN1CCOC[C@@H]1c1cccn1C. The Hall–Kier alpha value is -1.59. The lowest BCUT2D eigenvalue weighted by Gasteiger charge is -2.35. The van der Waals surface area contributed by atoms with Crippen LogP contribution >= 0.6 is 0 Å². The smallest absolute Gasteiger partial charge is 0.122 e. The summed E-state index contributed by atoms with van der Waals surface area (Å²) in [6.45, 7) is 6.50. The first-order chi connectivity index (χ1) is 9.79. The number of imidazole rings is 1. The molecule has 3 heterocycles. The summed E-state index contributed by atoms with van der Waals surface area (Å²) in [5.41, 5.74) is 1.30. The molecule has 2 aromatic rings. The highest BCUT2D eigenvalue weighted by atomic mass is 16.5. The molecule has 1 saturated heterocycles. The second-order valence-corrected chi connectivity index (χ2v) is 5.23. The highest BCUT2D eigenvalue weighted by Gasteiger charge is 2.27. The third-order valence-electron chi connectivity index (χ3n) is 4.05. The fraction of sp³-hybridized carbons (Fsp3) is 0.533. The van der Waals surface area contributed by atoms with Crippen LogP contribution in [0.4, 0.5) is 0 Å². The number of morpholine rings is 1. The maximum atomic E-state index is 5.68. The minimum absolute atomic E-state index is 0.311. The Labute approximate surface area is 119 Å². The summed E-state index contributed by atoms with van der Waals surface area (Å²) in [7, 11) is 2.09. The Bertz CT molecular complexity index is 560. The predicted molar refractivity (Wildman–Crippen MR) is 77.3 cm³/mol. The standard InChI is InChI=1S/C15H22N4O/c1-3-18-8-6-16-15(18)11-19-9-10-20-12-14(19)13-5-4-7-17(13)2/h4-8,14H,3,9-12H2,1-2H3/t14-/m1/s1. The van der Waals surface area contributed by atoms with Crippen LogP contribution < -0.4 is 0 Å². The number of aromatic nitrogens is 3. The van der Waals surface area contributed by atoms with Gasteiger partial charge in [-0.3, -0.25) is 4.90 Å². The molecule has 0 bridgehead atoms. The maximum Gasteiger partial charge on any atom is 0.122 e. The minimum atomic E-state index is 0.311. The van der Waals surface area contributed by atoms with E-state index in [1.54, 1.807) is 0 Å². The number of aryl methyl sites for hydroxylation is 2. The first-order valence-electron chi connectivity index (χ1n) is 7.22. The van der Waals surface area contributed by atoms with Crippen molar-refractivity contribution in [3.63, 3.8) is 0 Å². The van der Waals surface area contributed by atoms with Gasteiger partial charge in [0.2, 0.25) is 0 Å². The van der Waals surface area contributed by atoms with E-state index < -0.39 is 0 Å². The molecule has 5 nitrogen and oxygen atoms in total. The fourth-order valence-electron chi connectivity index (χ4n) is 2.88. The second-order valence-electron chi connectivity index (χ2n) is 5.23. The fourth-order valence-corrected chi connectivity index (χ4v) is 2.88. The number of nitrogens with zero attached hydrogens (tertiary/aromatic N) is 4. The lowest BCUT2D eigenvalue weighted by Crippen LogP contribution is -2.40. The molecule has 1 aliphatic rings. The van der Waals surface area contributed by atoms with Gasteiger partial charge in [0, 0.05) is 44.4 Å². The van der Waals surface area contributed by atoms with Crippen molar-refractivity contribution < 1.29 is 4.74 Å². The van der Waals surface area contributed by atoms with E-state index >= 15 is 0 Å². The zero-order valence-electron chi connectivity index (χ0n) is 12.2. The van der Waals surface area contributed by atoms with Crippen LogP contribution in [0.5, 0.6) is 0 Å². The summed E-state index contributed by atoms with van der Waals surface area (Å²) in [4.78, 5) is 6.96. The van der Waals surface area contributed by atoms with Crippen LogP contribution in [0.15, 0.2) is 30.7 Å². The average molecular weight is 274 g/mol. The van der Waals surface area contributed by atoms with Crippen molar-refractivity contribution in [1.29, 1.82) is 0 Å². The van der Waals surface area contributed by atoms with Gasteiger partial charge in [-0.05, 0) is 19.1 Å². The van der Waals surface area contributed by atoms with E-state index in [-0.39, 0.29) is 0 Å². The molecule has 0 saturated carbocycles. The molecular weight excluding hydrogens is 252 g/mol. The van der Waals surface area contributed by atoms with Gasteiger partial charge in [0.1, 0.15) is 5.82 Å². The summed E-state index contributed by atoms with van der Waals surface area (Å²) in [5, 5.41) is 0. The van der Waals surface area contributed by atoms with Gasteiger partial charge in [0.05, 0.1) is 25.8 Å². The van der Waals surface area contributed by atoms with Crippen molar-refractivity contribution in [1.82, 2.24) is 19.0 Å². The quantitative estimate of drug-likeness (QED) is 0.853. The van der Waals surface area contributed by atoms with Gasteiger partial charge in [0.25, 0.3) is 0 Å². The molecule has 2 aromatic heterocycles. The maximum absolute atomic E-state index is 5.68. The molecule has 1 aliphatic heterocycles. The van der Waals surface area contributed by atoms with Crippen molar-refractivity contribution in [2.24, 2.45) is 7.05 Å². The van der Waals surface area contributed by atoms with Crippen molar-refractivity contribution in [3.8, 4) is 0 Å². The summed E-state index contributed by atoms with van der Waals surface area (Å²) < 4.78 is 10.1. The number of ether oxygens (including phenoxy) is 1. The third kappa shape index (κ3) is 2.51. The Morgan fingerprint density at radius 3 is 3.05 bits per heavy atom. The molecule has 20 heavy (non-hydrogen) atoms. The number of hydrogen-bond acceptors (Lipinski definition) is 3. The predicted octanol–water partition coefficient (Wildman–Crippen LogP) is 1.81. The molecule has 1 atom stereocenters. The normalized spacial score (nSPS) is 20.4. The van der Waals surface area contributed by atoms with E-state index in [0.29, 0.717) is 6.04 Å². The summed E-state index contributed by atoms with van der Waals surface area (Å²) >= 11 is 0. The van der Waals surface area contributed by atoms with E-state index in [0.717, 1.165) is 38.7 Å². The average Bonchev–Trinajstić information content (AvgIpc) is 3.08. The van der Waals surface area contributed by atoms with Crippen LogP contribution in [0.1, 0.15) is 24.5 Å². The van der Waals surface area contributed by atoms with E-state index in [2.05, 4.69) is 51.3 Å². The molecule has 3 rings (SSSR count). The lowest BCUT2D eigenvalue weighted by molar-refractivity contribution is -0.0167. The van der Waals surface area contributed by atoms with Crippen molar-refractivity contribution in [2.75, 3.05) is 19.8 Å². The monoisotopic (exact) mass is 274 g/mol. The zero-order chi connectivity index (χ0) is 13.9. The molecule has 0 unspecified atom stereocenters. The Balaban J connectivity index is 1.81. The molecule has 0 aliphatic carbocycles. The van der Waals surface area contributed by atoms with Gasteiger partial charge >= 0.3 is 0 Å². The van der Waals surface area contributed by atoms with E-state index in [9.17, 15) is 0 Å². The Kier molecular flexibility index (Phi) is 3.89. The topological polar surface area (TPSA) is 35.2 Å². The van der Waals surface area contributed by atoms with Crippen LogP contribution in [-0.4, -0.2) is 38.8 Å². The molecular formula is C15H22N4O. The molecule has 0 radical (unpaired) electrons. The molecule has 108 valence electrons. The first-order valence-corrected chi connectivity index (χ1v) is 7.22. The molecule has 0 spiro atoms. The number of rotatable bonds is 4. The van der Waals surface area contributed by atoms with E-state index in [1.165, 1.54) is 5.69 Å². The number of hydrogen-bond donors (Lipinski definition) is 0. The molecule has 0 N–H and O–H groups in total. The Morgan fingerprint density at radius 2 is 2.30 bits per heavy atom. The minimum Gasteiger partial charge on any atom is -0.378 e. The highest BCUT2D eigenvalue weighted by Crippen LogP contribution is 2.25. The van der Waals surface area contributed by atoms with Gasteiger partial charge in [-0.15, -0.1) is 0 Å². The van der Waals surface area contributed by atoms with Gasteiger partial charge in [-0.2, -0.15) is 0 Å². The van der Waals surface area contributed by atoms with Crippen LogP contribution in [0.3, 0.4) is 0 Å². The summed E-state index contributed by atoms with van der Waals surface area (Å²) in [5.74, 6) is 1.13. The van der Waals surface area contributed by atoms with Crippen molar-refractivity contribution in [2.45, 2.75) is 26.1 Å². The molecule has 0 aromatic carbocycles. The van der Waals surface area contributed by atoms with Crippen LogP contribution in [0, 0.1) is 0 Å². The van der Waals surface area contributed by atoms with Crippen LogP contribution in [0.25, 0.3) is 0 Å². The van der Waals surface area contributed by atoms with Gasteiger partial charge in [-0.25, -0.2) is 4.98 Å². The van der Waals surface area contributed by atoms with E-state index in [1.807, 2.05) is 12.4 Å². The van der Waals surface area contributed by atoms with Crippen molar-refractivity contribution >= 4 is 0 Å². The lowest BCUT2D eigenvalue weighted by atomic mass is 10.1. The van der Waals surface area contributed by atoms with Crippen LogP contribution in [-0.2, 0) is 24.9 Å². The van der Waals surface area contributed by atoms with Gasteiger partial charge in [0.15, 0.2) is 0 Å². The summed E-state index contributed by atoms with van der Waals surface area (Å²) in [6, 6.07) is 4.58. The summed E-state index contributed by atoms with van der Waals surface area (Å²) in [6.07, 6.45) is 6.03. The molecule has 1 fully saturated rings. The molecule has 0 amide bonds. The largest absolute Gasteiger partial charge is 0.378 e. The third-order valence-corrected chi connectivity index (χ3v) is 4.05. The molecule has 5 heteroatoms.